The van der Waals surface area contributed by atoms with Crippen LogP contribution in [0.4, 0.5) is 4.79 Å². The van der Waals surface area contributed by atoms with Gasteiger partial charge in [-0.05, 0) is 24.6 Å². The van der Waals surface area contributed by atoms with Gasteiger partial charge in [0.1, 0.15) is 5.41 Å². The molecular weight excluding hydrogens is 330 g/mol. The Hall–Kier alpha value is -1.41. The van der Waals surface area contributed by atoms with Crippen LogP contribution in [0.25, 0.3) is 0 Å². The second-order valence-corrected chi connectivity index (χ2v) is 12.7. The van der Waals surface area contributed by atoms with Crippen molar-refractivity contribution in [3.8, 4) is 0 Å². The second kappa shape index (κ2) is 6.83. The van der Waals surface area contributed by atoms with Crippen LogP contribution < -0.4 is 0 Å². The Morgan fingerprint density at radius 3 is 2.25 bits per heavy atom. The van der Waals surface area contributed by atoms with Gasteiger partial charge in [0, 0.05) is 13.0 Å². The Balaban J connectivity index is 3.24. The Labute approximate surface area is 144 Å². The fourth-order valence-electron chi connectivity index (χ4n) is 2.86. The molecule has 2 unspecified atom stereocenters. The third-order valence-electron chi connectivity index (χ3n) is 5.62. The third-order valence-corrected chi connectivity index (χ3v) is 10.1. The zero-order chi connectivity index (χ0) is 18.9. The number of rotatable bonds is 5. The minimum Gasteiger partial charge on any atom is -0.480 e. The number of carbonyl (C=O) groups excluding carboxylic acids is 1. The number of nitrogens with zero attached hydrogens (tertiary/aromatic N) is 1. The SMILES string of the molecule is CCC1(C(=O)O)C(=O)CCN(C(=O)O)C1CO[Si](C)(C)C(C)(C)C. The fraction of sp³-hybridized carbons (Fsp3) is 0.812. The molecular formula is C16H29NO6Si. The number of aliphatic carboxylic acids is 1. The van der Waals surface area contributed by atoms with Gasteiger partial charge in [-0.25, -0.2) is 4.79 Å². The number of likely N-dealkylation sites (tertiary alicyclic amines) is 1. The summed E-state index contributed by atoms with van der Waals surface area (Å²) in [5.74, 6) is -1.69. The van der Waals surface area contributed by atoms with Crippen LogP contribution in [0.3, 0.4) is 0 Å². The Morgan fingerprint density at radius 1 is 1.33 bits per heavy atom. The third kappa shape index (κ3) is 3.49. The lowest BCUT2D eigenvalue weighted by atomic mass is 9.70. The van der Waals surface area contributed by atoms with Crippen molar-refractivity contribution in [3.63, 3.8) is 0 Å². The summed E-state index contributed by atoms with van der Waals surface area (Å²) in [5.41, 5.74) is -1.74. The number of piperidine rings is 1. The van der Waals surface area contributed by atoms with Gasteiger partial charge in [-0.3, -0.25) is 9.59 Å². The van der Waals surface area contributed by atoms with Gasteiger partial charge in [-0.15, -0.1) is 0 Å². The molecule has 1 aliphatic rings. The highest BCUT2D eigenvalue weighted by Gasteiger charge is 2.57. The molecule has 0 radical (unpaired) electrons. The standard InChI is InChI=1S/C16H29NO6Si/c1-7-16(13(19)20)11(10-23-24(5,6)15(2,3)4)17(14(21)22)9-8-12(16)18/h11H,7-10H2,1-6H3,(H,19,20)(H,21,22). The van der Waals surface area contributed by atoms with Crippen molar-refractivity contribution in [1.29, 1.82) is 0 Å². The van der Waals surface area contributed by atoms with E-state index in [9.17, 15) is 24.6 Å². The smallest absolute Gasteiger partial charge is 0.407 e. The highest BCUT2D eigenvalue weighted by atomic mass is 28.4. The summed E-state index contributed by atoms with van der Waals surface area (Å²) in [6.07, 6.45) is -1.26. The van der Waals surface area contributed by atoms with Gasteiger partial charge in [0.2, 0.25) is 0 Å². The molecule has 0 spiro atoms. The van der Waals surface area contributed by atoms with Crippen molar-refractivity contribution in [3.05, 3.63) is 0 Å². The van der Waals surface area contributed by atoms with Crippen molar-refractivity contribution >= 4 is 26.2 Å². The van der Waals surface area contributed by atoms with Crippen molar-refractivity contribution in [2.45, 2.75) is 64.7 Å². The van der Waals surface area contributed by atoms with Gasteiger partial charge in [0.05, 0.1) is 12.6 Å². The molecule has 1 rings (SSSR count). The summed E-state index contributed by atoms with van der Waals surface area (Å²) >= 11 is 0. The molecule has 1 amide bonds. The minimum absolute atomic E-state index is 0.00866. The van der Waals surface area contributed by atoms with E-state index in [4.69, 9.17) is 4.43 Å². The van der Waals surface area contributed by atoms with Crippen LogP contribution in [0.1, 0.15) is 40.5 Å². The molecule has 0 bridgehead atoms. The first-order chi connectivity index (χ1) is 10.8. The predicted molar refractivity (Wildman–Crippen MR) is 91.7 cm³/mol. The summed E-state index contributed by atoms with van der Waals surface area (Å²) in [6.45, 7) is 11.7. The first kappa shape index (κ1) is 20.6. The molecule has 0 aliphatic carbocycles. The van der Waals surface area contributed by atoms with E-state index in [0.29, 0.717) is 0 Å². The molecule has 24 heavy (non-hydrogen) atoms. The largest absolute Gasteiger partial charge is 0.480 e. The van der Waals surface area contributed by atoms with E-state index in [1.165, 1.54) is 0 Å². The first-order valence-electron chi connectivity index (χ1n) is 8.21. The summed E-state index contributed by atoms with van der Waals surface area (Å²) < 4.78 is 6.09. The van der Waals surface area contributed by atoms with Crippen LogP contribution in [0.2, 0.25) is 18.1 Å². The highest BCUT2D eigenvalue weighted by molar-refractivity contribution is 6.74. The molecule has 0 aromatic carbocycles. The Kier molecular flexibility index (Phi) is 5.88. The summed E-state index contributed by atoms with van der Waals surface area (Å²) in [6, 6.07) is -1.01. The summed E-state index contributed by atoms with van der Waals surface area (Å²) in [7, 11) is -2.21. The van der Waals surface area contributed by atoms with Crippen molar-refractivity contribution in [2.75, 3.05) is 13.2 Å². The van der Waals surface area contributed by atoms with Crippen LogP contribution in [-0.2, 0) is 14.0 Å². The topological polar surface area (TPSA) is 104 Å². The summed E-state index contributed by atoms with van der Waals surface area (Å²) in [4.78, 5) is 37.0. The number of hydrogen-bond acceptors (Lipinski definition) is 4. The average Bonchev–Trinajstić information content (AvgIpc) is 2.43. The molecule has 0 aromatic heterocycles. The van der Waals surface area contributed by atoms with Gasteiger partial charge >= 0.3 is 12.1 Å². The zero-order valence-electron chi connectivity index (χ0n) is 15.4. The van der Waals surface area contributed by atoms with E-state index in [2.05, 4.69) is 0 Å². The Bertz CT molecular complexity index is 527. The van der Waals surface area contributed by atoms with Crippen LogP contribution in [0.15, 0.2) is 0 Å². The van der Waals surface area contributed by atoms with E-state index in [1.54, 1.807) is 6.92 Å². The van der Waals surface area contributed by atoms with E-state index in [1.807, 2.05) is 33.9 Å². The number of amides is 1. The number of carboxylic acid groups (broad SMARTS) is 2. The molecule has 7 nitrogen and oxygen atoms in total. The van der Waals surface area contributed by atoms with E-state index in [0.717, 1.165) is 4.90 Å². The molecule has 1 aliphatic heterocycles. The molecule has 8 heteroatoms. The molecule has 2 N–H and O–H groups in total. The van der Waals surface area contributed by atoms with E-state index in [-0.39, 0.29) is 31.0 Å². The monoisotopic (exact) mass is 359 g/mol. The van der Waals surface area contributed by atoms with Crippen LogP contribution in [0.5, 0.6) is 0 Å². The maximum absolute atomic E-state index is 12.4. The van der Waals surface area contributed by atoms with Crippen LogP contribution >= 0.6 is 0 Å². The van der Waals surface area contributed by atoms with Crippen LogP contribution in [-0.4, -0.2) is 60.5 Å². The van der Waals surface area contributed by atoms with E-state index >= 15 is 0 Å². The van der Waals surface area contributed by atoms with Gasteiger partial charge in [-0.2, -0.15) is 0 Å². The zero-order valence-corrected chi connectivity index (χ0v) is 16.4. The molecule has 2 atom stereocenters. The lowest BCUT2D eigenvalue weighted by Gasteiger charge is -2.46. The maximum atomic E-state index is 12.4. The number of carbonyl (C=O) groups is 3. The van der Waals surface area contributed by atoms with Crippen LogP contribution in [0, 0.1) is 5.41 Å². The number of Topliss-reactive ketones (excluding diaryl/α,β-unsaturated/α-hetero) is 1. The normalized spacial score (nSPS) is 25.7. The molecule has 138 valence electrons. The van der Waals surface area contributed by atoms with Gasteiger partial charge in [0.25, 0.3) is 0 Å². The van der Waals surface area contributed by atoms with Crippen molar-refractivity contribution < 1.29 is 29.0 Å². The lowest BCUT2D eigenvalue weighted by molar-refractivity contribution is -0.164. The highest BCUT2D eigenvalue weighted by Crippen LogP contribution is 2.40. The second-order valence-electron chi connectivity index (χ2n) is 7.87. The van der Waals surface area contributed by atoms with Gasteiger partial charge in [0.15, 0.2) is 14.1 Å². The fourth-order valence-corrected chi connectivity index (χ4v) is 3.87. The molecule has 1 heterocycles. The Morgan fingerprint density at radius 2 is 1.88 bits per heavy atom. The molecule has 0 aromatic rings. The molecule has 0 saturated carbocycles. The first-order valence-corrected chi connectivity index (χ1v) is 11.1. The van der Waals surface area contributed by atoms with Gasteiger partial charge < -0.3 is 19.5 Å². The minimum atomic E-state index is -2.21. The number of carboxylic acids is 1. The molecule has 1 saturated heterocycles. The average molecular weight is 359 g/mol. The van der Waals surface area contributed by atoms with Gasteiger partial charge in [-0.1, -0.05) is 27.7 Å². The maximum Gasteiger partial charge on any atom is 0.407 e. The number of ketones is 1. The predicted octanol–water partition coefficient (Wildman–Crippen LogP) is 2.81. The van der Waals surface area contributed by atoms with Crippen molar-refractivity contribution in [1.82, 2.24) is 4.90 Å². The number of hydrogen-bond donors (Lipinski definition) is 2. The summed E-state index contributed by atoms with van der Waals surface area (Å²) in [5, 5.41) is 19.1. The molecule has 1 fully saturated rings. The lowest BCUT2D eigenvalue weighted by Crippen LogP contribution is -2.64. The van der Waals surface area contributed by atoms with E-state index < -0.39 is 37.6 Å². The van der Waals surface area contributed by atoms with Crippen molar-refractivity contribution in [2.24, 2.45) is 5.41 Å². The quantitative estimate of drug-likeness (QED) is 0.578.